The molecule has 0 aliphatic carbocycles. The van der Waals surface area contributed by atoms with Crippen molar-refractivity contribution in [2.24, 2.45) is 5.92 Å². The van der Waals surface area contributed by atoms with Crippen LogP contribution < -0.4 is 10.1 Å². The summed E-state index contributed by atoms with van der Waals surface area (Å²) in [5, 5.41) is 3.01. The van der Waals surface area contributed by atoms with Crippen LogP contribution in [0.1, 0.15) is 37.8 Å². The Bertz CT molecular complexity index is 741. The second-order valence-electron chi connectivity index (χ2n) is 7.20. The lowest BCUT2D eigenvalue weighted by Gasteiger charge is -2.14. The van der Waals surface area contributed by atoms with Crippen molar-refractivity contribution in [2.45, 2.75) is 46.1 Å². The van der Waals surface area contributed by atoms with Crippen LogP contribution in [0.5, 0.6) is 5.75 Å². The van der Waals surface area contributed by atoms with Crippen LogP contribution in [-0.2, 0) is 11.2 Å². The molecule has 1 N–H and O–H groups in total. The third kappa shape index (κ3) is 4.38. The van der Waals surface area contributed by atoms with Crippen LogP contribution in [0.4, 0.5) is 0 Å². The summed E-state index contributed by atoms with van der Waals surface area (Å²) >= 11 is 0. The molecular weight excluding hydrogens is 312 g/mol. The molecule has 1 amide bonds. The van der Waals surface area contributed by atoms with Gasteiger partial charge in [0, 0.05) is 24.6 Å². The number of pyridine rings is 1. The number of hydrogen-bond acceptors (Lipinski definition) is 3. The van der Waals surface area contributed by atoms with Gasteiger partial charge >= 0.3 is 0 Å². The lowest BCUT2D eigenvalue weighted by atomic mass is 10.0. The van der Waals surface area contributed by atoms with Crippen molar-refractivity contribution in [1.29, 1.82) is 0 Å². The molecule has 3 rings (SSSR count). The number of carbonyl (C=O) groups is 1. The first-order chi connectivity index (χ1) is 12.0. The van der Waals surface area contributed by atoms with Crippen LogP contribution in [0.2, 0.25) is 0 Å². The molecule has 4 nitrogen and oxygen atoms in total. The van der Waals surface area contributed by atoms with Gasteiger partial charge in [0.05, 0.1) is 12.2 Å². The molecule has 1 aliphatic rings. The molecule has 0 radical (unpaired) electrons. The van der Waals surface area contributed by atoms with Crippen molar-refractivity contribution >= 4 is 5.91 Å². The van der Waals surface area contributed by atoms with E-state index in [1.807, 2.05) is 18.2 Å². The Hall–Kier alpha value is -2.36. The molecule has 1 atom stereocenters. The molecule has 25 heavy (non-hydrogen) atoms. The van der Waals surface area contributed by atoms with Crippen molar-refractivity contribution < 1.29 is 9.53 Å². The molecule has 1 aliphatic heterocycles. The van der Waals surface area contributed by atoms with Crippen LogP contribution in [0.3, 0.4) is 0 Å². The second-order valence-corrected chi connectivity index (χ2v) is 7.20. The Morgan fingerprint density at radius 2 is 2.20 bits per heavy atom. The first-order valence-electron chi connectivity index (χ1n) is 9.01. The van der Waals surface area contributed by atoms with Gasteiger partial charge in [-0.3, -0.25) is 9.78 Å². The monoisotopic (exact) mass is 338 g/mol. The molecule has 0 saturated heterocycles. The lowest BCUT2D eigenvalue weighted by Crippen LogP contribution is -2.34. The van der Waals surface area contributed by atoms with Crippen molar-refractivity contribution in [3.8, 4) is 17.0 Å². The smallest absolute Gasteiger partial charge is 0.220 e. The average molecular weight is 338 g/mol. The van der Waals surface area contributed by atoms with Gasteiger partial charge < -0.3 is 10.1 Å². The first kappa shape index (κ1) is 17.5. The van der Waals surface area contributed by atoms with E-state index >= 15 is 0 Å². The Balaban J connectivity index is 1.68. The number of aromatic nitrogens is 1. The summed E-state index contributed by atoms with van der Waals surface area (Å²) in [5.41, 5.74) is 4.35. The molecule has 2 heterocycles. The molecule has 2 aromatic rings. The Morgan fingerprint density at radius 1 is 1.36 bits per heavy atom. The molecule has 0 fully saturated rings. The van der Waals surface area contributed by atoms with Gasteiger partial charge in [0.1, 0.15) is 11.9 Å². The van der Waals surface area contributed by atoms with Crippen LogP contribution in [-0.4, -0.2) is 23.5 Å². The molecule has 132 valence electrons. The maximum atomic E-state index is 11.9. The molecular formula is C21H26N2O2. The minimum Gasteiger partial charge on any atom is -0.487 e. The zero-order valence-corrected chi connectivity index (χ0v) is 15.2. The molecule has 0 saturated carbocycles. The number of nitrogens with zero attached hydrogens (tertiary/aromatic N) is 1. The fourth-order valence-corrected chi connectivity index (χ4v) is 3.15. The number of ether oxygens (including phenoxy) is 1. The van der Waals surface area contributed by atoms with E-state index < -0.39 is 0 Å². The predicted octanol–water partition coefficient (Wildman–Crippen LogP) is 3.91. The summed E-state index contributed by atoms with van der Waals surface area (Å²) in [7, 11) is 0. The summed E-state index contributed by atoms with van der Waals surface area (Å²) in [4.78, 5) is 16.4. The largest absolute Gasteiger partial charge is 0.487 e. The fourth-order valence-electron chi connectivity index (χ4n) is 3.15. The number of fused-ring (bicyclic) bond motifs is 1. The highest BCUT2D eigenvalue weighted by molar-refractivity contribution is 5.76. The predicted molar refractivity (Wildman–Crippen MR) is 99.6 cm³/mol. The normalized spacial score (nSPS) is 15.8. The number of hydrogen-bond donors (Lipinski definition) is 1. The minimum atomic E-state index is -0.0118. The highest BCUT2D eigenvalue weighted by Gasteiger charge is 2.27. The van der Waals surface area contributed by atoms with Crippen LogP contribution >= 0.6 is 0 Å². The maximum absolute atomic E-state index is 11.9. The third-order valence-corrected chi connectivity index (χ3v) is 4.46. The SMILES string of the molecule is Cc1cc2c(c(-c3ccccn3)c1)O[C@H](CNC(=O)CCC(C)C)C2. The van der Waals surface area contributed by atoms with Gasteiger partial charge in [-0.15, -0.1) is 0 Å². The fraction of sp³-hybridized carbons (Fsp3) is 0.429. The summed E-state index contributed by atoms with van der Waals surface area (Å²) in [6.45, 7) is 6.90. The Labute approximate surface area is 149 Å². The minimum absolute atomic E-state index is 0.0118. The van der Waals surface area contributed by atoms with E-state index in [4.69, 9.17) is 4.74 Å². The number of benzene rings is 1. The van der Waals surface area contributed by atoms with E-state index in [1.54, 1.807) is 6.20 Å². The van der Waals surface area contributed by atoms with Gasteiger partial charge in [0.2, 0.25) is 5.91 Å². The summed E-state index contributed by atoms with van der Waals surface area (Å²) in [6.07, 6.45) is 4.10. The summed E-state index contributed by atoms with van der Waals surface area (Å²) in [6, 6.07) is 10.2. The van der Waals surface area contributed by atoms with Gasteiger partial charge in [-0.2, -0.15) is 0 Å². The highest BCUT2D eigenvalue weighted by Crippen LogP contribution is 2.39. The number of carbonyl (C=O) groups excluding carboxylic acids is 1. The van der Waals surface area contributed by atoms with E-state index in [-0.39, 0.29) is 12.0 Å². The van der Waals surface area contributed by atoms with Crippen LogP contribution in [0.15, 0.2) is 36.5 Å². The molecule has 0 unspecified atom stereocenters. The lowest BCUT2D eigenvalue weighted by molar-refractivity contribution is -0.121. The van der Waals surface area contributed by atoms with Gasteiger partial charge in [-0.05, 0) is 48.6 Å². The number of nitrogens with one attached hydrogen (secondary N) is 1. The van der Waals surface area contributed by atoms with Gasteiger partial charge in [0.15, 0.2) is 0 Å². The van der Waals surface area contributed by atoms with E-state index in [9.17, 15) is 4.79 Å². The zero-order chi connectivity index (χ0) is 17.8. The van der Waals surface area contributed by atoms with Crippen LogP contribution in [0, 0.1) is 12.8 Å². The number of rotatable bonds is 6. The highest BCUT2D eigenvalue weighted by atomic mass is 16.5. The topological polar surface area (TPSA) is 51.2 Å². The van der Waals surface area contributed by atoms with Crippen LogP contribution in [0.25, 0.3) is 11.3 Å². The van der Waals surface area contributed by atoms with Crippen molar-refractivity contribution in [3.63, 3.8) is 0 Å². The van der Waals surface area contributed by atoms with Gasteiger partial charge in [0.25, 0.3) is 0 Å². The number of amides is 1. The Morgan fingerprint density at radius 3 is 2.92 bits per heavy atom. The van der Waals surface area contributed by atoms with E-state index in [2.05, 4.69) is 43.2 Å². The molecule has 1 aromatic heterocycles. The quantitative estimate of drug-likeness (QED) is 0.869. The number of aryl methyl sites for hydroxylation is 1. The average Bonchev–Trinajstić information content (AvgIpc) is 3.00. The van der Waals surface area contributed by atoms with Crippen molar-refractivity contribution in [1.82, 2.24) is 10.3 Å². The van der Waals surface area contributed by atoms with Crippen molar-refractivity contribution in [2.75, 3.05) is 6.54 Å². The Kier molecular flexibility index (Phi) is 5.37. The second kappa shape index (κ2) is 7.68. The van der Waals surface area contributed by atoms with E-state index in [0.717, 1.165) is 29.8 Å². The first-order valence-corrected chi connectivity index (χ1v) is 9.01. The molecule has 1 aromatic carbocycles. The van der Waals surface area contributed by atoms with E-state index in [0.29, 0.717) is 18.9 Å². The third-order valence-electron chi connectivity index (χ3n) is 4.46. The van der Waals surface area contributed by atoms with Crippen molar-refractivity contribution in [3.05, 3.63) is 47.7 Å². The van der Waals surface area contributed by atoms with Gasteiger partial charge in [-0.1, -0.05) is 26.0 Å². The van der Waals surface area contributed by atoms with E-state index in [1.165, 1.54) is 11.1 Å². The molecule has 4 heteroatoms. The standard InChI is InChI=1S/C21H26N2O2/c1-14(2)7-8-20(24)23-13-17-12-16-10-15(3)11-18(21(16)25-17)19-6-4-5-9-22-19/h4-6,9-11,14,17H,7-8,12-13H2,1-3H3,(H,23,24)/t17-/m0/s1. The van der Waals surface area contributed by atoms with Gasteiger partial charge in [-0.25, -0.2) is 0 Å². The zero-order valence-electron chi connectivity index (χ0n) is 15.2. The summed E-state index contributed by atoms with van der Waals surface area (Å²) in [5.74, 6) is 1.56. The maximum Gasteiger partial charge on any atom is 0.220 e. The summed E-state index contributed by atoms with van der Waals surface area (Å²) < 4.78 is 6.17. The molecule has 0 spiro atoms. The molecule has 0 bridgehead atoms.